The molecule has 1 saturated carbocycles. The van der Waals surface area contributed by atoms with E-state index in [1.165, 1.54) is 0 Å². The van der Waals surface area contributed by atoms with Crippen LogP contribution in [0.2, 0.25) is 5.02 Å². The number of hydrogen-bond acceptors (Lipinski definition) is 3. The van der Waals surface area contributed by atoms with Gasteiger partial charge in [-0.25, -0.2) is 4.79 Å². The van der Waals surface area contributed by atoms with Crippen molar-refractivity contribution in [2.75, 3.05) is 6.61 Å². The number of benzene rings is 1. The number of carbonyl (C=O) groups is 1. The van der Waals surface area contributed by atoms with Gasteiger partial charge in [-0.1, -0.05) is 17.7 Å². The van der Waals surface area contributed by atoms with Crippen LogP contribution in [-0.4, -0.2) is 29.9 Å². The first-order valence-corrected chi connectivity index (χ1v) is 8.10. The molecule has 1 fully saturated rings. The standard InChI is InChI=1S/C16H23ClN2O3/c1-2-22-15-9-12(17)4-3-11(15)10-18-16(21)19-13-5-7-14(20)8-6-13/h3-4,9,13-14,20H,2,5-8,10H2,1H3,(H2,18,19,21). The molecule has 3 N–H and O–H groups in total. The summed E-state index contributed by atoms with van der Waals surface area (Å²) in [5, 5.41) is 15.9. The van der Waals surface area contributed by atoms with Crippen LogP contribution in [-0.2, 0) is 6.54 Å². The first-order chi connectivity index (χ1) is 10.6. The Balaban J connectivity index is 1.83. The molecule has 5 nitrogen and oxygen atoms in total. The molecule has 1 aliphatic rings. The van der Waals surface area contributed by atoms with Gasteiger partial charge in [0.15, 0.2) is 0 Å². The predicted octanol–water partition coefficient (Wildman–Crippen LogP) is 2.84. The lowest BCUT2D eigenvalue weighted by Crippen LogP contribution is -2.43. The molecule has 0 aromatic heterocycles. The molecule has 22 heavy (non-hydrogen) atoms. The van der Waals surface area contributed by atoms with Gasteiger partial charge in [-0.05, 0) is 44.7 Å². The molecule has 6 heteroatoms. The van der Waals surface area contributed by atoms with Crippen LogP contribution in [0, 0.1) is 0 Å². The van der Waals surface area contributed by atoms with Crippen LogP contribution in [0.15, 0.2) is 18.2 Å². The summed E-state index contributed by atoms with van der Waals surface area (Å²) in [4.78, 5) is 12.0. The van der Waals surface area contributed by atoms with E-state index in [4.69, 9.17) is 16.3 Å². The number of ether oxygens (including phenoxy) is 1. The second kappa shape index (κ2) is 8.25. The Morgan fingerprint density at radius 3 is 2.77 bits per heavy atom. The minimum absolute atomic E-state index is 0.139. The molecule has 0 spiro atoms. The number of urea groups is 1. The second-order valence-electron chi connectivity index (χ2n) is 5.52. The van der Waals surface area contributed by atoms with E-state index >= 15 is 0 Å². The summed E-state index contributed by atoms with van der Waals surface area (Å²) < 4.78 is 5.53. The van der Waals surface area contributed by atoms with Crippen LogP contribution in [0.25, 0.3) is 0 Å². The topological polar surface area (TPSA) is 70.6 Å². The van der Waals surface area contributed by atoms with Crippen molar-refractivity contribution in [1.82, 2.24) is 10.6 Å². The summed E-state index contributed by atoms with van der Waals surface area (Å²) in [5.74, 6) is 0.691. The summed E-state index contributed by atoms with van der Waals surface area (Å²) in [6, 6.07) is 5.33. The molecule has 0 unspecified atom stereocenters. The lowest BCUT2D eigenvalue weighted by atomic mass is 9.93. The molecule has 0 radical (unpaired) electrons. The third-order valence-electron chi connectivity index (χ3n) is 3.80. The molecule has 0 heterocycles. The first-order valence-electron chi connectivity index (χ1n) is 7.72. The van der Waals surface area contributed by atoms with Crippen molar-refractivity contribution in [3.63, 3.8) is 0 Å². The predicted molar refractivity (Wildman–Crippen MR) is 86.3 cm³/mol. The quantitative estimate of drug-likeness (QED) is 0.779. The maximum absolute atomic E-state index is 12.0. The van der Waals surface area contributed by atoms with Gasteiger partial charge in [0.25, 0.3) is 0 Å². The zero-order chi connectivity index (χ0) is 15.9. The monoisotopic (exact) mass is 326 g/mol. The van der Waals surface area contributed by atoms with Crippen molar-refractivity contribution in [3.8, 4) is 5.75 Å². The average Bonchev–Trinajstić information content (AvgIpc) is 2.49. The van der Waals surface area contributed by atoms with Crippen molar-refractivity contribution in [1.29, 1.82) is 0 Å². The van der Waals surface area contributed by atoms with E-state index in [1.54, 1.807) is 12.1 Å². The maximum Gasteiger partial charge on any atom is 0.315 e. The number of carbonyl (C=O) groups excluding carboxylic acids is 1. The summed E-state index contributed by atoms with van der Waals surface area (Å²) in [6.07, 6.45) is 2.91. The Morgan fingerprint density at radius 1 is 1.36 bits per heavy atom. The zero-order valence-electron chi connectivity index (χ0n) is 12.8. The van der Waals surface area contributed by atoms with E-state index in [9.17, 15) is 9.90 Å². The highest BCUT2D eigenvalue weighted by Gasteiger charge is 2.20. The molecule has 122 valence electrons. The Morgan fingerprint density at radius 2 is 2.09 bits per heavy atom. The molecule has 2 amide bonds. The smallest absolute Gasteiger partial charge is 0.315 e. The molecular weight excluding hydrogens is 304 g/mol. The number of nitrogens with one attached hydrogen (secondary N) is 2. The van der Waals surface area contributed by atoms with E-state index < -0.39 is 0 Å². The van der Waals surface area contributed by atoms with Crippen LogP contribution in [0.4, 0.5) is 4.79 Å². The van der Waals surface area contributed by atoms with E-state index in [2.05, 4.69) is 10.6 Å². The lowest BCUT2D eigenvalue weighted by molar-refractivity contribution is 0.117. The number of amides is 2. The number of rotatable bonds is 5. The summed E-state index contributed by atoms with van der Waals surface area (Å²) in [6.45, 7) is 2.83. The Bertz CT molecular complexity index is 502. The summed E-state index contributed by atoms with van der Waals surface area (Å²) in [7, 11) is 0. The van der Waals surface area contributed by atoms with Gasteiger partial charge in [0.1, 0.15) is 5.75 Å². The zero-order valence-corrected chi connectivity index (χ0v) is 13.5. The van der Waals surface area contributed by atoms with Gasteiger partial charge in [0.05, 0.1) is 12.7 Å². The number of hydrogen-bond donors (Lipinski definition) is 3. The SMILES string of the molecule is CCOc1cc(Cl)ccc1CNC(=O)NC1CCC(O)CC1. The van der Waals surface area contributed by atoms with Crippen molar-refractivity contribution in [2.24, 2.45) is 0 Å². The van der Waals surface area contributed by atoms with Crippen LogP contribution in [0.5, 0.6) is 5.75 Å². The van der Waals surface area contributed by atoms with Crippen molar-refractivity contribution in [2.45, 2.75) is 51.3 Å². The highest BCUT2D eigenvalue weighted by Crippen LogP contribution is 2.23. The van der Waals surface area contributed by atoms with Gasteiger partial charge in [-0.15, -0.1) is 0 Å². The van der Waals surface area contributed by atoms with Crippen LogP contribution in [0.3, 0.4) is 0 Å². The van der Waals surface area contributed by atoms with Gasteiger partial charge in [-0.3, -0.25) is 0 Å². The fraction of sp³-hybridized carbons (Fsp3) is 0.562. The summed E-state index contributed by atoms with van der Waals surface area (Å²) in [5.41, 5.74) is 0.889. The fourth-order valence-corrected chi connectivity index (χ4v) is 2.76. The van der Waals surface area contributed by atoms with Crippen LogP contribution >= 0.6 is 11.6 Å². The minimum Gasteiger partial charge on any atom is -0.493 e. The Kier molecular flexibility index (Phi) is 6.34. The molecule has 2 rings (SSSR count). The largest absolute Gasteiger partial charge is 0.493 e. The third kappa shape index (κ3) is 5.07. The average molecular weight is 327 g/mol. The maximum atomic E-state index is 12.0. The number of aliphatic hydroxyl groups is 1. The Hall–Kier alpha value is -1.46. The molecule has 0 saturated heterocycles. The molecule has 1 aromatic rings. The van der Waals surface area contributed by atoms with E-state index in [0.29, 0.717) is 23.9 Å². The normalized spacial score (nSPS) is 21.2. The van der Waals surface area contributed by atoms with Crippen LogP contribution in [0.1, 0.15) is 38.2 Å². The molecule has 0 bridgehead atoms. The van der Waals surface area contributed by atoms with Crippen molar-refractivity contribution < 1.29 is 14.6 Å². The van der Waals surface area contributed by atoms with Gasteiger partial charge in [0, 0.05) is 23.2 Å². The molecule has 0 atom stereocenters. The van der Waals surface area contributed by atoms with Crippen LogP contribution < -0.4 is 15.4 Å². The highest BCUT2D eigenvalue weighted by atomic mass is 35.5. The minimum atomic E-state index is -0.219. The Labute approximate surface area is 136 Å². The van der Waals surface area contributed by atoms with E-state index in [-0.39, 0.29) is 18.2 Å². The fourth-order valence-electron chi connectivity index (χ4n) is 2.60. The number of aliphatic hydroxyl groups excluding tert-OH is 1. The molecular formula is C16H23ClN2O3. The van der Waals surface area contributed by atoms with Crippen molar-refractivity contribution in [3.05, 3.63) is 28.8 Å². The lowest BCUT2D eigenvalue weighted by Gasteiger charge is -2.26. The van der Waals surface area contributed by atoms with E-state index in [0.717, 1.165) is 31.2 Å². The summed E-state index contributed by atoms with van der Waals surface area (Å²) >= 11 is 5.96. The van der Waals surface area contributed by atoms with Gasteiger partial charge in [0.2, 0.25) is 0 Å². The molecule has 0 aliphatic heterocycles. The number of halogens is 1. The molecule has 1 aliphatic carbocycles. The highest BCUT2D eigenvalue weighted by molar-refractivity contribution is 6.30. The first kappa shape index (κ1) is 16.9. The second-order valence-corrected chi connectivity index (χ2v) is 5.95. The van der Waals surface area contributed by atoms with Gasteiger partial charge >= 0.3 is 6.03 Å². The van der Waals surface area contributed by atoms with Gasteiger partial charge in [-0.2, -0.15) is 0 Å². The van der Waals surface area contributed by atoms with Gasteiger partial charge < -0.3 is 20.5 Å². The van der Waals surface area contributed by atoms with Crippen molar-refractivity contribution >= 4 is 17.6 Å². The molecule has 1 aromatic carbocycles. The third-order valence-corrected chi connectivity index (χ3v) is 4.04. The van der Waals surface area contributed by atoms with E-state index in [1.807, 2.05) is 13.0 Å².